The molecule has 1 N–H and O–H groups in total. The second kappa shape index (κ2) is 3.95. The molecule has 0 spiro atoms. The van der Waals surface area contributed by atoms with E-state index in [1.54, 1.807) is 0 Å². The third-order valence-electron chi connectivity index (χ3n) is 2.97. The number of hydrogen-bond donors (Lipinski definition) is 1. The molecule has 1 aliphatic carbocycles. The summed E-state index contributed by atoms with van der Waals surface area (Å²) in [6.07, 6.45) is 3.73. The van der Waals surface area contributed by atoms with Crippen LogP contribution < -0.4 is 0 Å². The van der Waals surface area contributed by atoms with Crippen LogP contribution in [0.1, 0.15) is 33.6 Å². The molecule has 2 atom stereocenters. The van der Waals surface area contributed by atoms with Crippen molar-refractivity contribution in [2.24, 2.45) is 17.8 Å². The van der Waals surface area contributed by atoms with E-state index in [9.17, 15) is 4.79 Å². The van der Waals surface area contributed by atoms with Crippen LogP contribution in [0.15, 0.2) is 11.6 Å². The van der Waals surface area contributed by atoms with Gasteiger partial charge in [0.05, 0.1) is 5.92 Å². The second-order valence-electron chi connectivity index (χ2n) is 4.34. The van der Waals surface area contributed by atoms with E-state index in [1.165, 1.54) is 5.57 Å². The minimum absolute atomic E-state index is 0.163. The van der Waals surface area contributed by atoms with Crippen LogP contribution in [0.3, 0.4) is 0 Å². The average molecular weight is 182 g/mol. The lowest BCUT2D eigenvalue weighted by Crippen LogP contribution is -2.29. The third-order valence-corrected chi connectivity index (χ3v) is 2.97. The Hall–Kier alpha value is -0.790. The Morgan fingerprint density at radius 1 is 1.62 bits per heavy atom. The van der Waals surface area contributed by atoms with Crippen LogP contribution in [0, 0.1) is 17.8 Å². The van der Waals surface area contributed by atoms with Gasteiger partial charge in [0, 0.05) is 0 Å². The van der Waals surface area contributed by atoms with E-state index < -0.39 is 5.97 Å². The Morgan fingerprint density at radius 2 is 2.23 bits per heavy atom. The highest BCUT2D eigenvalue weighted by molar-refractivity contribution is 5.71. The zero-order valence-electron chi connectivity index (χ0n) is 8.58. The largest absolute Gasteiger partial charge is 0.481 e. The topological polar surface area (TPSA) is 37.3 Å². The van der Waals surface area contributed by atoms with Crippen molar-refractivity contribution in [3.8, 4) is 0 Å². The first-order valence-corrected chi connectivity index (χ1v) is 4.90. The number of rotatable bonds is 2. The number of carbonyl (C=O) groups is 1. The molecular weight excluding hydrogens is 164 g/mol. The fourth-order valence-electron chi connectivity index (χ4n) is 2.08. The molecular formula is C11H18O2. The predicted molar refractivity (Wildman–Crippen MR) is 52.4 cm³/mol. The van der Waals surface area contributed by atoms with Crippen LogP contribution in [0.25, 0.3) is 0 Å². The van der Waals surface area contributed by atoms with Crippen molar-refractivity contribution in [1.29, 1.82) is 0 Å². The maximum Gasteiger partial charge on any atom is 0.307 e. The molecule has 1 rings (SSSR count). The minimum atomic E-state index is -0.637. The van der Waals surface area contributed by atoms with Crippen molar-refractivity contribution in [3.05, 3.63) is 11.6 Å². The molecule has 74 valence electrons. The highest BCUT2D eigenvalue weighted by Gasteiger charge is 2.31. The Balaban J connectivity index is 2.77. The van der Waals surface area contributed by atoms with Gasteiger partial charge >= 0.3 is 5.97 Å². The lowest BCUT2D eigenvalue weighted by molar-refractivity contribution is -0.144. The summed E-state index contributed by atoms with van der Waals surface area (Å²) < 4.78 is 0. The van der Waals surface area contributed by atoms with Crippen molar-refractivity contribution in [2.45, 2.75) is 33.6 Å². The first kappa shape index (κ1) is 10.3. The van der Waals surface area contributed by atoms with Gasteiger partial charge in [0.25, 0.3) is 0 Å². The molecule has 0 aromatic carbocycles. The van der Waals surface area contributed by atoms with Gasteiger partial charge in [0.15, 0.2) is 0 Å². The fourth-order valence-corrected chi connectivity index (χ4v) is 2.08. The molecule has 0 amide bonds. The summed E-state index contributed by atoms with van der Waals surface area (Å²) in [6, 6.07) is 0. The number of aliphatic carboxylic acids is 1. The van der Waals surface area contributed by atoms with Crippen LogP contribution in [0.4, 0.5) is 0 Å². The van der Waals surface area contributed by atoms with Gasteiger partial charge in [-0.25, -0.2) is 0 Å². The van der Waals surface area contributed by atoms with Gasteiger partial charge in [-0.15, -0.1) is 0 Å². The van der Waals surface area contributed by atoms with Crippen molar-refractivity contribution < 1.29 is 9.90 Å². The van der Waals surface area contributed by atoms with Crippen molar-refractivity contribution >= 4 is 5.97 Å². The fraction of sp³-hybridized carbons (Fsp3) is 0.727. The van der Waals surface area contributed by atoms with E-state index in [2.05, 4.69) is 26.8 Å². The first-order chi connectivity index (χ1) is 6.02. The summed E-state index contributed by atoms with van der Waals surface area (Å²) in [5.74, 6) is -0.0154. The zero-order chi connectivity index (χ0) is 10.0. The number of allylic oxidation sites excluding steroid dienone is 2. The van der Waals surface area contributed by atoms with Crippen molar-refractivity contribution in [2.75, 3.05) is 0 Å². The van der Waals surface area contributed by atoms with Crippen molar-refractivity contribution in [3.63, 3.8) is 0 Å². The molecule has 0 radical (unpaired) electrons. The second-order valence-corrected chi connectivity index (χ2v) is 4.34. The van der Waals surface area contributed by atoms with E-state index in [1.807, 2.05) is 0 Å². The summed E-state index contributed by atoms with van der Waals surface area (Å²) in [5, 5.41) is 9.01. The maximum atomic E-state index is 10.9. The zero-order valence-corrected chi connectivity index (χ0v) is 8.58. The smallest absolute Gasteiger partial charge is 0.307 e. The molecule has 0 heterocycles. The molecule has 2 heteroatoms. The van der Waals surface area contributed by atoms with Gasteiger partial charge in [0.2, 0.25) is 0 Å². The van der Waals surface area contributed by atoms with Gasteiger partial charge in [-0.1, -0.05) is 25.5 Å². The van der Waals surface area contributed by atoms with Crippen LogP contribution in [0.2, 0.25) is 0 Å². The van der Waals surface area contributed by atoms with Crippen LogP contribution in [-0.2, 0) is 4.79 Å². The lowest BCUT2D eigenvalue weighted by Gasteiger charge is -2.30. The standard InChI is InChI=1S/C11H18O2/c1-7(2)10-6-8(3)4-5-9(10)11(12)13/h4,7,9-10H,5-6H2,1-3H3,(H,12,13). The SMILES string of the molecule is CC1=CCC(C(=O)O)C(C(C)C)C1. The van der Waals surface area contributed by atoms with E-state index in [0.29, 0.717) is 18.3 Å². The molecule has 13 heavy (non-hydrogen) atoms. The first-order valence-electron chi connectivity index (χ1n) is 4.90. The van der Waals surface area contributed by atoms with E-state index >= 15 is 0 Å². The van der Waals surface area contributed by atoms with E-state index in [0.717, 1.165) is 6.42 Å². The Labute approximate surface area is 79.6 Å². The molecule has 0 aromatic heterocycles. The normalized spacial score (nSPS) is 28.8. The van der Waals surface area contributed by atoms with E-state index in [-0.39, 0.29) is 5.92 Å². The molecule has 0 aromatic rings. The predicted octanol–water partition coefficient (Wildman–Crippen LogP) is 2.70. The van der Waals surface area contributed by atoms with E-state index in [4.69, 9.17) is 5.11 Å². The van der Waals surface area contributed by atoms with Gasteiger partial charge in [-0.2, -0.15) is 0 Å². The molecule has 0 bridgehead atoms. The summed E-state index contributed by atoms with van der Waals surface area (Å²) in [7, 11) is 0. The van der Waals surface area contributed by atoms with Gasteiger partial charge in [-0.3, -0.25) is 4.79 Å². The quantitative estimate of drug-likeness (QED) is 0.667. The van der Waals surface area contributed by atoms with Crippen LogP contribution >= 0.6 is 0 Å². The highest BCUT2D eigenvalue weighted by Crippen LogP contribution is 2.34. The third kappa shape index (κ3) is 2.33. The maximum absolute atomic E-state index is 10.9. The minimum Gasteiger partial charge on any atom is -0.481 e. The van der Waals surface area contributed by atoms with Gasteiger partial charge in [-0.05, 0) is 31.6 Å². The monoisotopic (exact) mass is 182 g/mol. The number of carboxylic acid groups (broad SMARTS) is 1. The average Bonchev–Trinajstić information content (AvgIpc) is 2.03. The number of hydrogen-bond acceptors (Lipinski definition) is 1. The molecule has 0 fully saturated rings. The van der Waals surface area contributed by atoms with Crippen LogP contribution in [-0.4, -0.2) is 11.1 Å². The molecule has 0 aliphatic heterocycles. The van der Waals surface area contributed by atoms with Crippen LogP contribution in [0.5, 0.6) is 0 Å². The van der Waals surface area contributed by atoms with Crippen molar-refractivity contribution in [1.82, 2.24) is 0 Å². The summed E-state index contributed by atoms with van der Waals surface area (Å²) in [4.78, 5) is 10.9. The summed E-state index contributed by atoms with van der Waals surface area (Å²) in [5.41, 5.74) is 1.34. The molecule has 2 unspecified atom stereocenters. The lowest BCUT2D eigenvalue weighted by atomic mass is 9.74. The molecule has 1 aliphatic rings. The molecule has 0 saturated carbocycles. The summed E-state index contributed by atoms with van der Waals surface area (Å²) >= 11 is 0. The Bertz CT molecular complexity index is 228. The Morgan fingerprint density at radius 3 is 2.69 bits per heavy atom. The molecule has 2 nitrogen and oxygen atoms in total. The van der Waals surface area contributed by atoms with Gasteiger partial charge in [0.1, 0.15) is 0 Å². The van der Waals surface area contributed by atoms with Gasteiger partial charge < -0.3 is 5.11 Å². The Kier molecular flexibility index (Phi) is 3.12. The number of carboxylic acids is 1. The highest BCUT2D eigenvalue weighted by atomic mass is 16.4. The molecule has 0 saturated heterocycles. The summed E-state index contributed by atoms with van der Waals surface area (Å²) in [6.45, 7) is 6.31.